The number of hydrogen-bond donors (Lipinski definition) is 0. The second kappa shape index (κ2) is 12.4. The van der Waals surface area contributed by atoms with Crippen LogP contribution in [0.5, 0.6) is 28.7 Å². The molecule has 0 atom stereocenters. The van der Waals surface area contributed by atoms with Crippen molar-refractivity contribution < 1.29 is 32.9 Å². The number of Topliss-reactive ketones (excluding diaryl/α,β-unsaturated/α-hetero) is 1. The Morgan fingerprint density at radius 1 is 0.750 bits per heavy atom. The van der Waals surface area contributed by atoms with E-state index in [1.807, 2.05) is 36.4 Å². The average Bonchev–Trinajstić information content (AvgIpc) is 2.90. The maximum Gasteiger partial charge on any atom is 0.203 e. The molecule has 0 spiro atoms. The maximum absolute atomic E-state index is 13.1. The maximum atomic E-state index is 13.1. The van der Waals surface area contributed by atoms with Gasteiger partial charge >= 0.3 is 0 Å². The van der Waals surface area contributed by atoms with Crippen molar-refractivity contribution in [2.75, 3.05) is 35.5 Å². The molecule has 0 N–H and O–H groups in total. The van der Waals surface area contributed by atoms with Gasteiger partial charge in [-0.3, -0.25) is 9.79 Å². The van der Waals surface area contributed by atoms with E-state index in [-0.39, 0.29) is 12.2 Å². The van der Waals surface area contributed by atoms with E-state index in [4.69, 9.17) is 23.7 Å². The first-order valence-electron chi connectivity index (χ1n) is 11.0. The fourth-order valence-electron chi connectivity index (χ4n) is 3.53. The molecule has 3 rings (SSSR count). The lowest BCUT2D eigenvalue weighted by atomic mass is 10.1. The predicted octanol–water partition coefficient (Wildman–Crippen LogP) is 6.01. The number of halogens is 1. The first kappa shape index (κ1) is 26.3. The summed E-state index contributed by atoms with van der Waals surface area (Å²) in [7, 11) is 7.73. The number of ether oxygens (including phenoxy) is 5. The molecule has 0 amide bonds. The predicted molar refractivity (Wildman–Crippen MR) is 138 cm³/mol. The molecule has 0 fully saturated rings. The van der Waals surface area contributed by atoms with E-state index in [2.05, 4.69) is 4.99 Å². The van der Waals surface area contributed by atoms with Crippen LogP contribution in [0, 0.1) is 5.82 Å². The fraction of sp³-hybridized carbons (Fsp3) is 0.214. The van der Waals surface area contributed by atoms with Gasteiger partial charge in [0.15, 0.2) is 28.8 Å². The van der Waals surface area contributed by atoms with E-state index >= 15 is 0 Å². The highest BCUT2D eigenvalue weighted by atomic mass is 19.1. The molecular weight excluding hydrogens is 465 g/mol. The molecule has 0 saturated carbocycles. The first-order chi connectivity index (χ1) is 17.4. The molecule has 0 radical (unpaired) electrons. The highest BCUT2D eigenvalue weighted by molar-refractivity contribution is 6.04. The van der Waals surface area contributed by atoms with E-state index in [1.54, 1.807) is 21.3 Å². The molecule has 7 nitrogen and oxygen atoms in total. The van der Waals surface area contributed by atoms with Gasteiger partial charge in [0, 0.05) is 18.2 Å². The molecule has 3 aromatic rings. The Morgan fingerprint density at radius 3 is 1.75 bits per heavy atom. The van der Waals surface area contributed by atoms with Gasteiger partial charge in [0.1, 0.15) is 11.5 Å². The molecular formula is C28H28FNO6. The zero-order valence-electron chi connectivity index (χ0n) is 20.8. The van der Waals surface area contributed by atoms with Crippen molar-refractivity contribution in [3.8, 4) is 28.7 Å². The van der Waals surface area contributed by atoms with Crippen LogP contribution >= 0.6 is 0 Å². The molecule has 8 heteroatoms. The average molecular weight is 494 g/mol. The van der Waals surface area contributed by atoms with Crippen LogP contribution in [0.25, 0.3) is 12.2 Å². The number of benzene rings is 3. The van der Waals surface area contributed by atoms with Gasteiger partial charge in [-0.1, -0.05) is 12.2 Å². The lowest BCUT2D eigenvalue weighted by Gasteiger charge is -2.13. The minimum absolute atomic E-state index is 0.0443. The minimum atomic E-state index is -0.395. The summed E-state index contributed by atoms with van der Waals surface area (Å²) in [6.07, 6.45) is 5.31. The smallest absolute Gasteiger partial charge is 0.203 e. The third kappa shape index (κ3) is 6.21. The van der Waals surface area contributed by atoms with Crippen LogP contribution in [0.1, 0.15) is 27.9 Å². The van der Waals surface area contributed by atoms with Gasteiger partial charge in [-0.25, -0.2) is 4.39 Å². The summed E-state index contributed by atoms with van der Waals surface area (Å²) < 4.78 is 40.3. The Balaban J connectivity index is 1.89. The largest absolute Gasteiger partial charge is 0.493 e. The number of rotatable bonds is 11. The van der Waals surface area contributed by atoms with Crippen molar-refractivity contribution in [1.82, 2.24) is 0 Å². The van der Waals surface area contributed by atoms with Gasteiger partial charge in [-0.15, -0.1) is 0 Å². The molecule has 0 aliphatic rings. The van der Waals surface area contributed by atoms with E-state index in [1.165, 1.54) is 44.7 Å². The van der Waals surface area contributed by atoms with Gasteiger partial charge < -0.3 is 23.7 Å². The first-order valence-corrected chi connectivity index (χ1v) is 11.0. The minimum Gasteiger partial charge on any atom is -0.493 e. The lowest BCUT2D eigenvalue weighted by Crippen LogP contribution is -1.99. The van der Waals surface area contributed by atoms with E-state index < -0.39 is 5.82 Å². The molecule has 188 valence electrons. The highest BCUT2D eigenvalue weighted by Crippen LogP contribution is 2.40. The van der Waals surface area contributed by atoms with Crippen molar-refractivity contribution in [3.63, 3.8) is 0 Å². The Labute approximate surface area is 209 Å². The summed E-state index contributed by atoms with van der Waals surface area (Å²) in [6, 6.07) is 12.7. The van der Waals surface area contributed by atoms with Crippen LogP contribution in [-0.4, -0.2) is 47.5 Å². The Kier molecular flexibility index (Phi) is 9.05. The highest BCUT2D eigenvalue weighted by Gasteiger charge is 2.14. The summed E-state index contributed by atoms with van der Waals surface area (Å²) in [5.74, 6) is 1.95. The number of hydrogen-bond acceptors (Lipinski definition) is 7. The summed E-state index contributed by atoms with van der Waals surface area (Å²) in [5, 5.41) is 0. The number of nitrogens with zero attached hydrogens (tertiary/aromatic N) is 1. The van der Waals surface area contributed by atoms with Crippen LogP contribution < -0.4 is 23.7 Å². The summed E-state index contributed by atoms with van der Waals surface area (Å²) >= 11 is 0. The molecule has 0 bridgehead atoms. The van der Waals surface area contributed by atoms with Crippen LogP contribution in [0.3, 0.4) is 0 Å². The number of aliphatic imine (C=N–C) groups is 1. The second-order valence-corrected chi connectivity index (χ2v) is 7.51. The van der Waals surface area contributed by atoms with Crippen LogP contribution in [-0.2, 0) is 0 Å². The third-order valence-corrected chi connectivity index (χ3v) is 5.31. The van der Waals surface area contributed by atoms with Gasteiger partial charge in [0.25, 0.3) is 0 Å². The van der Waals surface area contributed by atoms with Crippen molar-refractivity contribution in [2.24, 2.45) is 4.99 Å². The normalized spacial score (nSPS) is 11.1. The van der Waals surface area contributed by atoms with E-state index in [9.17, 15) is 9.18 Å². The molecule has 0 saturated heterocycles. The fourth-order valence-corrected chi connectivity index (χ4v) is 3.53. The molecule has 3 aromatic carbocycles. The standard InChI is InChI=1S/C28H28FNO6/c1-32-24-15-18(6-7-19-16-25(33-2)28(36-5)26(17-19)34-3)14-22(27(24)35-4)30-13-12-23(31)20-8-10-21(29)11-9-20/h6-11,13-17H,12H2,1-5H3/b7-6-,30-13?. The van der Waals surface area contributed by atoms with Gasteiger partial charge in [0.2, 0.25) is 5.75 Å². The third-order valence-electron chi connectivity index (χ3n) is 5.31. The quantitative estimate of drug-likeness (QED) is 0.185. The van der Waals surface area contributed by atoms with Crippen molar-refractivity contribution in [2.45, 2.75) is 6.42 Å². The summed E-state index contributed by atoms with van der Waals surface area (Å²) in [6.45, 7) is 0. The SMILES string of the molecule is COc1cc(/C=C\c2cc(OC)c(OC)c(OC)c2)cc(N=CCC(=O)c2ccc(F)cc2)c1OC. The number of methoxy groups -OCH3 is 5. The monoisotopic (exact) mass is 493 g/mol. The van der Waals surface area contributed by atoms with Crippen LogP contribution in [0.15, 0.2) is 53.5 Å². The zero-order chi connectivity index (χ0) is 26.1. The molecule has 0 aliphatic heterocycles. The van der Waals surface area contributed by atoms with E-state index in [0.29, 0.717) is 40.0 Å². The molecule has 0 aromatic heterocycles. The van der Waals surface area contributed by atoms with E-state index in [0.717, 1.165) is 11.1 Å². The topological polar surface area (TPSA) is 75.6 Å². The molecule has 0 unspecified atom stereocenters. The summed E-state index contributed by atoms with van der Waals surface area (Å²) in [4.78, 5) is 16.8. The Bertz CT molecular complexity index is 1240. The number of carbonyl (C=O) groups is 1. The van der Waals surface area contributed by atoms with Crippen LogP contribution in [0.2, 0.25) is 0 Å². The molecule has 0 aliphatic carbocycles. The Hall–Kier alpha value is -4.33. The molecule has 36 heavy (non-hydrogen) atoms. The number of ketones is 1. The Morgan fingerprint density at radius 2 is 1.25 bits per heavy atom. The zero-order valence-corrected chi connectivity index (χ0v) is 20.8. The lowest BCUT2D eigenvalue weighted by molar-refractivity contribution is 0.100. The van der Waals surface area contributed by atoms with Crippen molar-refractivity contribution >= 4 is 29.8 Å². The second-order valence-electron chi connectivity index (χ2n) is 7.51. The van der Waals surface area contributed by atoms with Gasteiger partial charge in [-0.05, 0) is 59.7 Å². The van der Waals surface area contributed by atoms with Gasteiger partial charge in [-0.2, -0.15) is 0 Å². The van der Waals surface area contributed by atoms with Crippen molar-refractivity contribution in [3.05, 3.63) is 71.0 Å². The van der Waals surface area contributed by atoms with Gasteiger partial charge in [0.05, 0.1) is 35.5 Å². The van der Waals surface area contributed by atoms with Crippen molar-refractivity contribution in [1.29, 1.82) is 0 Å². The summed E-state index contributed by atoms with van der Waals surface area (Å²) in [5.41, 5.74) is 2.52. The number of carbonyl (C=O) groups excluding carboxylic acids is 1. The van der Waals surface area contributed by atoms with Crippen LogP contribution in [0.4, 0.5) is 10.1 Å². The molecule has 0 heterocycles.